The zero-order chi connectivity index (χ0) is 11.7. The summed E-state index contributed by atoms with van der Waals surface area (Å²) < 4.78 is 2.11. The lowest BCUT2D eigenvalue weighted by molar-refractivity contribution is 0.297. The number of hydrogen-bond donors (Lipinski definition) is 1. The molecule has 2 aliphatic rings. The normalized spacial score (nSPS) is 28.8. The Kier molecular flexibility index (Phi) is 3.11. The molecule has 3 heterocycles. The number of fused-ring (bicyclic) bond motifs is 1. The van der Waals surface area contributed by atoms with Gasteiger partial charge in [-0.1, -0.05) is 0 Å². The number of nitrogens with zero attached hydrogens (tertiary/aromatic N) is 4. The highest BCUT2D eigenvalue weighted by Crippen LogP contribution is 2.27. The van der Waals surface area contributed by atoms with Gasteiger partial charge in [-0.25, -0.2) is 0 Å². The molecule has 0 saturated carbocycles. The molecule has 2 atom stereocenters. The molecule has 94 valence electrons. The molecule has 0 spiro atoms. The van der Waals surface area contributed by atoms with Gasteiger partial charge in [-0.15, -0.1) is 10.2 Å². The van der Waals surface area contributed by atoms with Gasteiger partial charge in [0.15, 0.2) is 0 Å². The Morgan fingerprint density at radius 2 is 2.35 bits per heavy atom. The van der Waals surface area contributed by atoms with Crippen LogP contribution in [0, 0.1) is 0 Å². The Balaban J connectivity index is 1.57. The maximum absolute atomic E-state index is 4.17. The summed E-state index contributed by atoms with van der Waals surface area (Å²) in [7, 11) is 0. The average molecular weight is 235 g/mol. The highest BCUT2D eigenvalue weighted by atomic mass is 15.3. The Labute approximate surface area is 102 Å². The van der Waals surface area contributed by atoms with Crippen molar-refractivity contribution >= 4 is 0 Å². The molecular weight excluding hydrogens is 214 g/mol. The average Bonchev–Trinajstić information content (AvgIpc) is 3.03. The number of aryl methyl sites for hydroxylation is 1. The van der Waals surface area contributed by atoms with Gasteiger partial charge in [0.1, 0.15) is 12.2 Å². The van der Waals surface area contributed by atoms with Gasteiger partial charge in [0.25, 0.3) is 0 Å². The fourth-order valence-corrected chi connectivity index (χ4v) is 3.22. The maximum atomic E-state index is 4.17. The fourth-order valence-electron chi connectivity index (χ4n) is 3.22. The predicted octanol–water partition coefficient (Wildman–Crippen LogP) is 0.624. The maximum Gasteiger partial charge on any atom is 0.146 e. The van der Waals surface area contributed by atoms with Crippen molar-refractivity contribution in [3.8, 4) is 0 Å². The summed E-state index contributed by atoms with van der Waals surface area (Å²) in [4.78, 5) is 2.63. The quantitative estimate of drug-likeness (QED) is 0.831. The van der Waals surface area contributed by atoms with Crippen LogP contribution in [0.2, 0.25) is 0 Å². The van der Waals surface area contributed by atoms with Gasteiger partial charge in [0.05, 0.1) is 6.54 Å². The second-order valence-electron chi connectivity index (χ2n) is 5.05. The first-order valence-electron chi connectivity index (χ1n) is 6.72. The first-order valence-corrected chi connectivity index (χ1v) is 6.72. The van der Waals surface area contributed by atoms with Gasteiger partial charge in [-0.2, -0.15) is 0 Å². The van der Waals surface area contributed by atoms with E-state index in [9.17, 15) is 0 Å². The highest BCUT2D eigenvalue weighted by molar-refractivity contribution is 4.97. The minimum atomic E-state index is 0.652. The van der Waals surface area contributed by atoms with E-state index in [1.165, 1.54) is 32.4 Å². The van der Waals surface area contributed by atoms with E-state index >= 15 is 0 Å². The molecule has 0 amide bonds. The third kappa shape index (κ3) is 2.09. The fraction of sp³-hybridized carbons (Fsp3) is 0.833. The van der Waals surface area contributed by atoms with E-state index in [1.807, 2.05) is 6.33 Å². The zero-order valence-corrected chi connectivity index (χ0v) is 10.5. The largest absolute Gasteiger partial charge is 0.317 e. The molecule has 2 saturated heterocycles. The number of rotatable bonds is 4. The van der Waals surface area contributed by atoms with Crippen LogP contribution in [0.5, 0.6) is 0 Å². The summed E-state index contributed by atoms with van der Waals surface area (Å²) in [6.45, 7) is 6.49. The molecule has 1 aromatic heterocycles. The molecule has 0 aliphatic carbocycles. The standard InChI is InChI=1S/C12H21N5/c1-2-16-9-14-15-12(16)8-13-10-5-7-17-6-3-4-11(10)17/h9-11,13H,2-8H2,1H3. The van der Waals surface area contributed by atoms with Crippen LogP contribution < -0.4 is 5.32 Å². The lowest BCUT2D eigenvalue weighted by Crippen LogP contribution is -2.39. The van der Waals surface area contributed by atoms with E-state index < -0.39 is 0 Å². The van der Waals surface area contributed by atoms with Gasteiger partial charge >= 0.3 is 0 Å². The summed E-state index contributed by atoms with van der Waals surface area (Å²) >= 11 is 0. The van der Waals surface area contributed by atoms with Gasteiger partial charge in [0.2, 0.25) is 0 Å². The Morgan fingerprint density at radius 3 is 3.24 bits per heavy atom. The summed E-state index contributed by atoms with van der Waals surface area (Å²) in [5.41, 5.74) is 0. The number of aromatic nitrogens is 3. The van der Waals surface area contributed by atoms with Crippen LogP contribution in [0.15, 0.2) is 6.33 Å². The Bertz CT molecular complexity index is 375. The van der Waals surface area contributed by atoms with Crippen LogP contribution in [0.4, 0.5) is 0 Å². The van der Waals surface area contributed by atoms with Gasteiger partial charge in [-0.3, -0.25) is 4.90 Å². The summed E-state index contributed by atoms with van der Waals surface area (Å²) in [6, 6.07) is 1.42. The Hall–Kier alpha value is -0.940. The number of hydrogen-bond acceptors (Lipinski definition) is 4. The molecule has 0 aromatic carbocycles. The van der Waals surface area contributed by atoms with Crippen LogP contribution in [-0.2, 0) is 13.1 Å². The zero-order valence-electron chi connectivity index (χ0n) is 10.5. The molecule has 1 aromatic rings. The van der Waals surface area contributed by atoms with E-state index in [-0.39, 0.29) is 0 Å². The second kappa shape index (κ2) is 4.74. The minimum absolute atomic E-state index is 0.652. The first kappa shape index (κ1) is 11.2. The van der Waals surface area contributed by atoms with Gasteiger partial charge in [0, 0.05) is 25.2 Å². The van der Waals surface area contributed by atoms with Crippen LogP contribution >= 0.6 is 0 Å². The predicted molar refractivity (Wildman–Crippen MR) is 65.5 cm³/mol. The molecule has 1 N–H and O–H groups in total. The summed E-state index contributed by atoms with van der Waals surface area (Å²) in [5.74, 6) is 1.06. The van der Waals surface area contributed by atoms with Crippen molar-refractivity contribution in [3.05, 3.63) is 12.2 Å². The van der Waals surface area contributed by atoms with Crippen LogP contribution in [0.25, 0.3) is 0 Å². The Morgan fingerprint density at radius 1 is 1.41 bits per heavy atom. The molecule has 0 radical (unpaired) electrons. The highest BCUT2D eigenvalue weighted by Gasteiger charge is 2.36. The summed E-state index contributed by atoms with van der Waals surface area (Å²) in [6.07, 6.45) is 5.82. The van der Waals surface area contributed by atoms with Crippen molar-refractivity contribution in [2.45, 2.75) is 51.4 Å². The summed E-state index contributed by atoms with van der Waals surface area (Å²) in [5, 5.41) is 11.8. The minimum Gasteiger partial charge on any atom is -0.317 e. The van der Waals surface area contributed by atoms with Crippen LogP contribution in [0.3, 0.4) is 0 Å². The molecule has 0 bridgehead atoms. The monoisotopic (exact) mass is 235 g/mol. The molecular formula is C12H21N5. The van der Waals surface area contributed by atoms with E-state index in [2.05, 4.69) is 31.9 Å². The SMILES string of the molecule is CCn1cnnc1CNC1CCN2CCCC12. The van der Waals surface area contributed by atoms with Crippen molar-refractivity contribution < 1.29 is 0 Å². The molecule has 3 rings (SSSR count). The lowest BCUT2D eigenvalue weighted by atomic mass is 10.1. The third-order valence-corrected chi connectivity index (χ3v) is 4.16. The van der Waals surface area contributed by atoms with Crippen molar-refractivity contribution in [2.24, 2.45) is 0 Å². The molecule has 2 unspecified atom stereocenters. The molecule has 5 heteroatoms. The van der Waals surface area contributed by atoms with Crippen molar-refractivity contribution in [1.29, 1.82) is 0 Å². The first-order chi connectivity index (χ1) is 8.38. The van der Waals surface area contributed by atoms with E-state index in [1.54, 1.807) is 0 Å². The second-order valence-corrected chi connectivity index (χ2v) is 5.05. The lowest BCUT2D eigenvalue weighted by Gasteiger charge is -2.21. The van der Waals surface area contributed by atoms with Crippen molar-refractivity contribution in [3.63, 3.8) is 0 Å². The third-order valence-electron chi connectivity index (χ3n) is 4.16. The van der Waals surface area contributed by atoms with Gasteiger partial charge in [-0.05, 0) is 32.7 Å². The van der Waals surface area contributed by atoms with E-state index in [0.717, 1.165) is 25.0 Å². The molecule has 17 heavy (non-hydrogen) atoms. The van der Waals surface area contributed by atoms with Crippen LogP contribution in [0.1, 0.15) is 32.0 Å². The number of nitrogens with one attached hydrogen (secondary N) is 1. The van der Waals surface area contributed by atoms with E-state index in [4.69, 9.17) is 0 Å². The molecule has 2 fully saturated rings. The smallest absolute Gasteiger partial charge is 0.146 e. The van der Waals surface area contributed by atoms with E-state index in [0.29, 0.717) is 6.04 Å². The topological polar surface area (TPSA) is 46.0 Å². The van der Waals surface area contributed by atoms with Gasteiger partial charge < -0.3 is 9.88 Å². The molecule has 5 nitrogen and oxygen atoms in total. The molecule has 2 aliphatic heterocycles. The van der Waals surface area contributed by atoms with Crippen molar-refractivity contribution in [2.75, 3.05) is 13.1 Å². The van der Waals surface area contributed by atoms with Crippen molar-refractivity contribution in [1.82, 2.24) is 25.0 Å². The van der Waals surface area contributed by atoms with Crippen LogP contribution in [-0.4, -0.2) is 44.8 Å².